The Labute approximate surface area is 160 Å². The zero-order valence-corrected chi connectivity index (χ0v) is 16.2. The van der Waals surface area contributed by atoms with Crippen LogP contribution in [0.3, 0.4) is 0 Å². The number of benzene rings is 2. The van der Waals surface area contributed by atoms with Gasteiger partial charge in [0.05, 0.1) is 24.9 Å². The molecule has 6 heteroatoms. The molecule has 0 heterocycles. The third-order valence-electron chi connectivity index (χ3n) is 3.53. The quantitative estimate of drug-likeness (QED) is 0.585. The largest absolute Gasteiger partial charge is 0.491 e. The highest BCUT2D eigenvalue weighted by molar-refractivity contribution is 5.94. The second kappa shape index (κ2) is 11.1. The summed E-state index contributed by atoms with van der Waals surface area (Å²) in [4.78, 5) is 12.2. The van der Waals surface area contributed by atoms with Crippen molar-refractivity contribution in [2.75, 3.05) is 37.0 Å². The van der Waals surface area contributed by atoms with Crippen molar-refractivity contribution in [3.05, 3.63) is 48.5 Å². The van der Waals surface area contributed by atoms with Gasteiger partial charge < -0.3 is 24.8 Å². The van der Waals surface area contributed by atoms with Crippen LogP contribution >= 0.6 is 0 Å². The molecule has 2 N–H and O–H groups in total. The van der Waals surface area contributed by atoms with Crippen LogP contribution in [0.1, 0.15) is 20.8 Å². The topological polar surface area (TPSA) is 68.8 Å². The first-order chi connectivity index (χ1) is 13.1. The zero-order valence-electron chi connectivity index (χ0n) is 16.2. The second-order valence-corrected chi connectivity index (χ2v) is 6.13. The summed E-state index contributed by atoms with van der Waals surface area (Å²) >= 11 is 0. The standard InChI is InChI=1S/C21H28N2O4/c1-4-25-13-14-26-20-8-6-5-7-19(20)22-15-21(24)23-17-9-11-18(12-10-17)27-16(2)3/h5-12,16,22H,4,13-15H2,1-3H3,(H,23,24). The average Bonchev–Trinajstić information content (AvgIpc) is 2.65. The molecule has 1 amide bonds. The molecule has 0 radical (unpaired) electrons. The molecular formula is C21H28N2O4. The van der Waals surface area contributed by atoms with E-state index in [0.29, 0.717) is 25.6 Å². The zero-order chi connectivity index (χ0) is 19.5. The normalized spacial score (nSPS) is 10.5. The minimum Gasteiger partial charge on any atom is -0.491 e. The van der Waals surface area contributed by atoms with Crippen molar-refractivity contribution >= 4 is 17.3 Å². The van der Waals surface area contributed by atoms with Crippen molar-refractivity contribution < 1.29 is 19.0 Å². The number of ether oxygens (including phenoxy) is 3. The molecule has 0 aromatic heterocycles. The number of hydrogen-bond donors (Lipinski definition) is 2. The van der Waals surface area contributed by atoms with E-state index in [-0.39, 0.29) is 18.6 Å². The molecule has 0 atom stereocenters. The Morgan fingerprint density at radius 3 is 2.48 bits per heavy atom. The molecule has 0 aliphatic carbocycles. The number of para-hydroxylation sites is 2. The minimum absolute atomic E-state index is 0.116. The maximum Gasteiger partial charge on any atom is 0.243 e. The number of rotatable bonds is 11. The summed E-state index contributed by atoms with van der Waals surface area (Å²) in [7, 11) is 0. The molecule has 6 nitrogen and oxygen atoms in total. The van der Waals surface area contributed by atoms with Crippen LogP contribution in [0.5, 0.6) is 11.5 Å². The van der Waals surface area contributed by atoms with Gasteiger partial charge in [-0.1, -0.05) is 12.1 Å². The summed E-state index contributed by atoms with van der Waals surface area (Å²) in [6.45, 7) is 7.67. The molecule has 0 aliphatic heterocycles. The summed E-state index contributed by atoms with van der Waals surface area (Å²) in [6, 6.07) is 14.8. The van der Waals surface area contributed by atoms with Gasteiger partial charge in [-0.25, -0.2) is 0 Å². The predicted molar refractivity (Wildman–Crippen MR) is 108 cm³/mol. The third kappa shape index (κ3) is 7.58. The number of carbonyl (C=O) groups excluding carboxylic acids is 1. The minimum atomic E-state index is -0.142. The van der Waals surface area contributed by atoms with Gasteiger partial charge in [-0.05, 0) is 57.2 Å². The van der Waals surface area contributed by atoms with Crippen LogP contribution in [0.25, 0.3) is 0 Å². The Hall–Kier alpha value is -2.73. The molecule has 2 rings (SSSR count). The predicted octanol–water partition coefficient (Wildman–Crippen LogP) is 3.94. The molecule has 0 fully saturated rings. The summed E-state index contributed by atoms with van der Waals surface area (Å²) in [5.41, 5.74) is 1.49. The number of hydrogen-bond acceptors (Lipinski definition) is 5. The van der Waals surface area contributed by atoms with Gasteiger partial charge in [0.25, 0.3) is 0 Å². The van der Waals surface area contributed by atoms with Crippen molar-refractivity contribution in [3.8, 4) is 11.5 Å². The van der Waals surface area contributed by atoms with Crippen LogP contribution in [0.15, 0.2) is 48.5 Å². The number of anilines is 2. The summed E-state index contributed by atoms with van der Waals surface area (Å²) in [6.07, 6.45) is 0.116. The smallest absolute Gasteiger partial charge is 0.243 e. The molecule has 146 valence electrons. The second-order valence-electron chi connectivity index (χ2n) is 6.13. The van der Waals surface area contributed by atoms with E-state index in [1.165, 1.54) is 0 Å². The van der Waals surface area contributed by atoms with Gasteiger partial charge in [0.2, 0.25) is 5.91 Å². The molecule has 0 unspecified atom stereocenters. The van der Waals surface area contributed by atoms with Crippen LogP contribution in [0.2, 0.25) is 0 Å². The van der Waals surface area contributed by atoms with Crippen molar-refractivity contribution in [1.29, 1.82) is 0 Å². The highest BCUT2D eigenvalue weighted by Crippen LogP contribution is 2.23. The van der Waals surface area contributed by atoms with E-state index in [0.717, 1.165) is 17.1 Å². The highest BCUT2D eigenvalue weighted by Gasteiger charge is 2.07. The maximum atomic E-state index is 12.2. The Morgan fingerprint density at radius 2 is 1.78 bits per heavy atom. The SMILES string of the molecule is CCOCCOc1ccccc1NCC(=O)Nc1ccc(OC(C)C)cc1. The molecular weight excluding hydrogens is 344 g/mol. The van der Waals surface area contributed by atoms with Gasteiger partial charge in [0.15, 0.2) is 0 Å². The first-order valence-corrected chi connectivity index (χ1v) is 9.18. The molecule has 0 saturated heterocycles. The summed E-state index contributed by atoms with van der Waals surface area (Å²) < 4.78 is 16.6. The number of nitrogens with one attached hydrogen (secondary N) is 2. The van der Waals surface area contributed by atoms with E-state index >= 15 is 0 Å². The van der Waals surface area contributed by atoms with Crippen LogP contribution in [-0.2, 0) is 9.53 Å². The first-order valence-electron chi connectivity index (χ1n) is 9.18. The fourth-order valence-electron chi connectivity index (χ4n) is 2.36. The Morgan fingerprint density at radius 1 is 1.04 bits per heavy atom. The van der Waals surface area contributed by atoms with Crippen molar-refractivity contribution in [2.45, 2.75) is 26.9 Å². The van der Waals surface area contributed by atoms with Gasteiger partial charge in [-0.3, -0.25) is 4.79 Å². The Balaban J connectivity index is 1.83. The molecule has 0 aliphatic rings. The lowest BCUT2D eigenvalue weighted by Crippen LogP contribution is -2.22. The fraction of sp³-hybridized carbons (Fsp3) is 0.381. The van der Waals surface area contributed by atoms with Crippen molar-refractivity contribution in [1.82, 2.24) is 0 Å². The van der Waals surface area contributed by atoms with Gasteiger partial charge in [-0.15, -0.1) is 0 Å². The lowest BCUT2D eigenvalue weighted by molar-refractivity contribution is -0.114. The van der Waals surface area contributed by atoms with E-state index in [9.17, 15) is 4.79 Å². The van der Waals surface area contributed by atoms with Crippen LogP contribution in [0.4, 0.5) is 11.4 Å². The fourth-order valence-corrected chi connectivity index (χ4v) is 2.36. The van der Waals surface area contributed by atoms with E-state index in [1.54, 1.807) is 0 Å². The van der Waals surface area contributed by atoms with E-state index < -0.39 is 0 Å². The molecule has 0 saturated carbocycles. The number of amides is 1. The van der Waals surface area contributed by atoms with Gasteiger partial charge in [0.1, 0.15) is 18.1 Å². The van der Waals surface area contributed by atoms with Crippen molar-refractivity contribution in [2.24, 2.45) is 0 Å². The van der Waals surface area contributed by atoms with Gasteiger partial charge in [-0.2, -0.15) is 0 Å². The first kappa shape index (κ1) is 20.6. The van der Waals surface area contributed by atoms with E-state index in [1.807, 2.05) is 69.3 Å². The molecule has 0 spiro atoms. The monoisotopic (exact) mass is 372 g/mol. The van der Waals surface area contributed by atoms with Gasteiger partial charge >= 0.3 is 0 Å². The third-order valence-corrected chi connectivity index (χ3v) is 3.53. The lowest BCUT2D eigenvalue weighted by atomic mass is 10.3. The Kier molecular flexibility index (Phi) is 8.45. The van der Waals surface area contributed by atoms with E-state index in [2.05, 4.69) is 10.6 Å². The molecule has 2 aromatic rings. The lowest BCUT2D eigenvalue weighted by Gasteiger charge is -2.13. The van der Waals surface area contributed by atoms with Crippen LogP contribution in [-0.4, -0.2) is 38.4 Å². The number of carbonyl (C=O) groups is 1. The summed E-state index contributed by atoms with van der Waals surface area (Å²) in [5.74, 6) is 1.33. The van der Waals surface area contributed by atoms with Crippen LogP contribution < -0.4 is 20.1 Å². The molecule has 0 bridgehead atoms. The molecule has 2 aromatic carbocycles. The van der Waals surface area contributed by atoms with Gasteiger partial charge in [0, 0.05) is 12.3 Å². The van der Waals surface area contributed by atoms with E-state index in [4.69, 9.17) is 14.2 Å². The molecule has 27 heavy (non-hydrogen) atoms. The summed E-state index contributed by atoms with van der Waals surface area (Å²) in [5, 5.41) is 5.96. The maximum absolute atomic E-state index is 12.2. The average molecular weight is 372 g/mol. The van der Waals surface area contributed by atoms with Crippen LogP contribution in [0, 0.1) is 0 Å². The Bertz CT molecular complexity index is 702. The van der Waals surface area contributed by atoms with Crippen molar-refractivity contribution in [3.63, 3.8) is 0 Å². The highest BCUT2D eigenvalue weighted by atomic mass is 16.5.